The number of carbonyl (C=O) groups excluding carboxylic acids is 3. The van der Waals surface area contributed by atoms with E-state index in [2.05, 4.69) is 15.6 Å². The van der Waals surface area contributed by atoms with Gasteiger partial charge in [-0.3, -0.25) is 14.4 Å². The molecule has 2 aromatic carbocycles. The second-order valence-electron chi connectivity index (χ2n) is 7.90. The molecule has 1 aromatic heterocycles. The Kier molecular flexibility index (Phi) is 6.11. The molecule has 8 heteroatoms. The number of H-pyrrole nitrogens is 1. The van der Waals surface area contributed by atoms with Crippen LogP contribution in [0.25, 0.3) is 10.9 Å². The number of nitrogens with one attached hydrogen (secondary N) is 3. The summed E-state index contributed by atoms with van der Waals surface area (Å²) in [6.45, 7) is 2.27. The first-order chi connectivity index (χ1) is 15.4. The molecule has 4 rings (SSSR count). The number of aromatic amines is 1. The van der Waals surface area contributed by atoms with Crippen molar-refractivity contribution in [1.82, 2.24) is 10.3 Å². The molecule has 1 fully saturated rings. The molecule has 1 atom stereocenters. The van der Waals surface area contributed by atoms with Gasteiger partial charge in [0.15, 0.2) is 0 Å². The van der Waals surface area contributed by atoms with Crippen LogP contribution in [0, 0.1) is 5.92 Å². The van der Waals surface area contributed by atoms with Crippen molar-refractivity contribution in [3.05, 3.63) is 54.2 Å². The average molecular weight is 434 g/mol. The largest absolute Gasteiger partial charge is 0.497 e. The monoisotopic (exact) mass is 434 g/mol. The number of fused-ring (bicyclic) bond motifs is 1. The van der Waals surface area contributed by atoms with Crippen LogP contribution in [0.4, 0.5) is 11.4 Å². The summed E-state index contributed by atoms with van der Waals surface area (Å²) in [5, 5.41) is 6.74. The molecule has 0 radical (unpaired) electrons. The summed E-state index contributed by atoms with van der Waals surface area (Å²) in [5.74, 6) is 0.0467. The number of nitrogens with zero attached hydrogens (tertiary/aromatic N) is 1. The molecule has 1 saturated heterocycles. The summed E-state index contributed by atoms with van der Waals surface area (Å²) in [6.07, 6.45) is 2.80. The maximum atomic E-state index is 12.7. The van der Waals surface area contributed by atoms with E-state index in [4.69, 9.17) is 4.74 Å². The van der Waals surface area contributed by atoms with Gasteiger partial charge in [0, 0.05) is 54.9 Å². The maximum absolute atomic E-state index is 12.7. The van der Waals surface area contributed by atoms with Crippen LogP contribution in [-0.2, 0) is 20.8 Å². The second kappa shape index (κ2) is 9.13. The Labute approximate surface area is 185 Å². The van der Waals surface area contributed by atoms with Gasteiger partial charge in [-0.2, -0.15) is 0 Å². The Morgan fingerprint density at radius 2 is 1.97 bits per heavy atom. The lowest BCUT2D eigenvalue weighted by molar-refractivity contribution is -0.126. The summed E-state index contributed by atoms with van der Waals surface area (Å²) in [4.78, 5) is 41.2. The third-order valence-electron chi connectivity index (χ3n) is 5.66. The Morgan fingerprint density at radius 1 is 1.19 bits per heavy atom. The Balaban J connectivity index is 1.33. The van der Waals surface area contributed by atoms with E-state index in [1.165, 1.54) is 6.92 Å². The molecule has 0 spiro atoms. The number of methoxy groups -OCH3 is 1. The standard InChI is InChI=1S/C24H26N4O4/c1-15(29)27-18-3-5-19(6-4-18)28-14-17(11-23(28)30)24(31)25-10-9-16-13-26-22-8-7-20(32-2)12-21(16)22/h3-8,12-13,17,26H,9-11,14H2,1-2H3,(H,25,31)(H,27,29). The van der Waals surface area contributed by atoms with Crippen molar-refractivity contribution in [3.63, 3.8) is 0 Å². The first-order valence-electron chi connectivity index (χ1n) is 10.5. The number of hydrogen-bond donors (Lipinski definition) is 3. The quantitative estimate of drug-likeness (QED) is 0.532. The molecular weight excluding hydrogens is 408 g/mol. The van der Waals surface area contributed by atoms with Crippen LogP contribution in [0.15, 0.2) is 48.7 Å². The van der Waals surface area contributed by atoms with E-state index in [-0.39, 0.29) is 30.1 Å². The maximum Gasteiger partial charge on any atom is 0.227 e. The van der Waals surface area contributed by atoms with Gasteiger partial charge in [-0.25, -0.2) is 0 Å². The minimum atomic E-state index is -0.388. The molecular formula is C24H26N4O4. The van der Waals surface area contributed by atoms with Gasteiger partial charge >= 0.3 is 0 Å². The molecule has 0 bridgehead atoms. The fraction of sp³-hybridized carbons (Fsp3) is 0.292. The number of amides is 3. The van der Waals surface area contributed by atoms with Gasteiger partial charge < -0.3 is 25.3 Å². The number of aromatic nitrogens is 1. The van der Waals surface area contributed by atoms with Gasteiger partial charge in [-0.1, -0.05) is 0 Å². The Bertz CT molecular complexity index is 1150. The van der Waals surface area contributed by atoms with Crippen LogP contribution in [0.3, 0.4) is 0 Å². The minimum Gasteiger partial charge on any atom is -0.497 e. The van der Waals surface area contributed by atoms with E-state index in [9.17, 15) is 14.4 Å². The fourth-order valence-electron chi connectivity index (χ4n) is 4.02. The van der Waals surface area contributed by atoms with Crippen molar-refractivity contribution >= 4 is 40.0 Å². The van der Waals surface area contributed by atoms with E-state index in [0.29, 0.717) is 30.9 Å². The van der Waals surface area contributed by atoms with Crippen LogP contribution in [0.5, 0.6) is 5.75 Å². The highest BCUT2D eigenvalue weighted by Crippen LogP contribution is 2.27. The fourth-order valence-corrected chi connectivity index (χ4v) is 4.02. The third-order valence-corrected chi connectivity index (χ3v) is 5.66. The molecule has 1 unspecified atom stereocenters. The lowest BCUT2D eigenvalue weighted by atomic mass is 10.1. The SMILES string of the molecule is COc1ccc2[nH]cc(CCNC(=O)C3CC(=O)N(c4ccc(NC(C)=O)cc4)C3)c2c1. The highest BCUT2D eigenvalue weighted by molar-refractivity contribution is 6.00. The lowest BCUT2D eigenvalue weighted by Gasteiger charge is -2.17. The van der Waals surface area contributed by atoms with E-state index in [1.54, 1.807) is 36.3 Å². The van der Waals surface area contributed by atoms with Crippen molar-refractivity contribution in [2.75, 3.05) is 30.4 Å². The van der Waals surface area contributed by atoms with Crippen LogP contribution >= 0.6 is 0 Å². The predicted molar refractivity (Wildman–Crippen MR) is 123 cm³/mol. The van der Waals surface area contributed by atoms with Crippen molar-refractivity contribution in [1.29, 1.82) is 0 Å². The van der Waals surface area contributed by atoms with Crippen molar-refractivity contribution in [3.8, 4) is 5.75 Å². The Hall–Kier alpha value is -3.81. The number of benzene rings is 2. The number of anilines is 2. The summed E-state index contributed by atoms with van der Waals surface area (Å²) in [5.41, 5.74) is 3.50. The van der Waals surface area contributed by atoms with E-state index in [1.807, 2.05) is 24.4 Å². The zero-order valence-corrected chi connectivity index (χ0v) is 18.1. The van der Waals surface area contributed by atoms with E-state index >= 15 is 0 Å². The van der Waals surface area contributed by atoms with Gasteiger partial charge in [-0.05, 0) is 54.4 Å². The molecule has 3 amide bonds. The molecule has 166 valence electrons. The summed E-state index contributed by atoms with van der Waals surface area (Å²) < 4.78 is 5.30. The van der Waals surface area contributed by atoms with Gasteiger partial charge in [0.25, 0.3) is 0 Å². The zero-order valence-electron chi connectivity index (χ0n) is 18.1. The van der Waals surface area contributed by atoms with Crippen LogP contribution < -0.4 is 20.3 Å². The van der Waals surface area contributed by atoms with Gasteiger partial charge in [0.1, 0.15) is 5.75 Å². The van der Waals surface area contributed by atoms with Gasteiger partial charge in [0.2, 0.25) is 17.7 Å². The van der Waals surface area contributed by atoms with Crippen LogP contribution in [0.1, 0.15) is 18.9 Å². The van der Waals surface area contributed by atoms with Gasteiger partial charge in [-0.15, -0.1) is 0 Å². The number of hydrogen-bond acceptors (Lipinski definition) is 4. The van der Waals surface area contributed by atoms with Gasteiger partial charge in [0.05, 0.1) is 13.0 Å². The van der Waals surface area contributed by atoms with Crippen LogP contribution in [-0.4, -0.2) is 42.9 Å². The zero-order chi connectivity index (χ0) is 22.7. The molecule has 2 heterocycles. The Morgan fingerprint density at radius 3 is 2.69 bits per heavy atom. The lowest BCUT2D eigenvalue weighted by Crippen LogP contribution is -2.34. The molecule has 32 heavy (non-hydrogen) atoms. The molecule has 1 aliphatic rings. The molecule has 1 aliphatic heterocycles. The predicted octanol–water partition coefficient (Wildman–Crippen LogP) is 2.85. The van der Waals surface area contributed by atoms with E-state index < -0.39 is 0 Å². The number of carbonyl (C=O) groups is 3. The minimum absolute atomic E-state index is 0.0823. The molecule has 0 aliphatic carbocycles. The van der Waals surface area contributed by atoms with Crippen molar-refractivity contribution in [2.45, 2.75) is 19.8 Å². The van der Waals surface area contributed by atoms with Crippen LogP contribution in [0.2, 0.25) is 0 Å². The third kappa shape index (κ3) is 4.59. The summed E-state index contributed by atoms with van der Waals surface area (Å²) in [6, 6.07) is 12.9. The molecule has 3 aromatic rings. The topological polar surface area (TPSA) is 104 Å². The van der Waals surface area contributed by atoms with Crippen molar-refractivity contribution < 1.29 is 19.1 Å². The summed E-state index contributed by atoms with van der Waals surface area (Å²) >= 11 is 0. The first-order valence-corrected chi connectivity index (χ1v) is 10.5. The van der Waals surface area contributed by atoms with E-state index in [0.717, 1.165) is 22.2 Å². The molecule has 3 N–H and O–H groups in total. The highest BCUT2D eigenvalue weighted by atomic mass is 16.5. The van der Waals surface area contributed by atoms with Crippen molar-refractivity contribution in [2.24, 2.45) is 5.92 Å². The first kappa shape index (κ1) is 21.4. The molecule has 8 nitrogen and oxygen atoms in total. The molecule has 0 saturated carbocycles. The number of ether oxygens (including phenoxy) is 1. The highest BCUT2D eigenvalue weighted by Gasteiger charge is 2.34. The normalized spacial score (nSPS) is 15.8. The average Bonchev–Trinajstić information content (AvgIpc) is 3.37. The summed E-state index contributed by atoms with van der Waals surface area (Å²) in [7, 11) is 1.64. The smallest absolute Gasteiger partial charge is 0.227 e. The second-order valence-corrected chi connectivity index (χ2v) is 7.90. The number of rotatable bonds is 7.